The molecule has 1 aromatic carbocycles. The maximum atomic E-state index is 12.2. The quantitative estimate of drug-likeness (QED) is 0.769. The Labute approximate surface area is 148 Å². The molecule has 0 bridgehead atoms. The normalized spacial score (nSPS) is 15.5. The van der Waals surface area contributed by atoms with Gasteiger partial charge in [-0.3, -0.25) is 4.79 Å². The maximum absolute atomic E-state index is 12.2. The summed E-state index contributed by atoms with van der Waals surface area (Å²) >= 11 is 5.77. The third-order valence-electron chi connectivity index (χ3n) is 3.89. The van der Waals surface area contributed by atoms with E-state index in [2.05, 4.69) is 15.5 Å². The highest BCUT2D eigenvalue weighted by atomic mass is 35.5. The Kier molecular flexibility index (Phi) is 3.89. The molecule has 3 heterocycles. The van der Waals surface area contributed by atoms with Crippen LogP contribution in [0.25, 0.3) is 11.3 Å². The van der Waals surface area contributed by atoms with E-state index < -0.39 is 5.91 Å². The molecule has 1 aliphatic rings. The largest absolute Gasteiger partial charge is 0.490 e. The van der Waals surface area contributed by atoms with Gasteiger partial charge in [0, 0.05) is 24.2 Å². The summed E-state index contributed by atoms with van der Waals surface area (Å²) in [7, 11) is 0. The Morgan fingerprint density at radius 3 is 2.96 bits per heavy atom. The highest BCUT2D eigenvalue weighted by Gasteiger charge is 2.21. The van der Waals surface area contributed by atoms with Gasteiger partial charge in [0.15, 0.2) is 11.5 Å². The molecule has 25 heavy (non-hydrogen) atoms. The van der Waals surface area contributed by atoms with Gasteiger partial charge in [-0.1, -0.05) is 16.8 Å². The zero-order chi connectivity index (χ0) is 17.4. The zero-order valence-electron chi connectivity index (χ0n) is 13.3. The van der Waals surface area contributed by atoms with Crippen molar-refractivity contribution >= 4 is 23.3 Å². The molecule has 0 unspecified atom stereocenters. The van der Waals surface area contributed by atoms with Crippen molar-refractivity contribution < 1.29 is 14.1 Å². The van der Waals surface area contributed by atoms with Crippen LogP contribution in [-0.4, -0.2) is 22.2 Å². The van der Waals surface area contributed by atoms with Crippen molar-refractivity contribution in [3.05, 3.63) is 58.9 Å². The van der Waals surface area contributed by atoms with Crippen LogP contribution in [0.4, 0.5) is 5.82 Å². The molecule has 1 amide bonds. The summed E-state index contributed by atoms with van der Waals surface area (Å²) in [4.78, 5) is 16.3. The van der Waals surface area contributed by atoms with E-state index in [9.17, 15) is 4.79 Å². The van der Waals surface area contributed by atoms with Gasteiger partial charge in [0.25, 0.3) is 5.91 Å². The van der Waals surface area contributed by atoms with Gasteiger partial charge in [-0.2, -0.15) is 0 Å². The lowest BCUT2D eigenvalue weighted by atomic mass is 10.1. The average Bonchev–Trinajstić information content (AvgIpc) is 3.22. The minimum atomic E-state index is -0.400. The van der Waals surface area contributed by atoms with Crippen molar-refractivity contribution in [2.75, 3.05) is 5.32 Å². The van der Waals surface area contributed by atoms with Gasteiger partial charge in [-0.05, 0) is 42.8 Å². The van der Waals surface area contributed by atoms with Crippen molar-refractivity contribution in [3.8, 4) is 17.1 Å². The molecular weight excluding hydrogens is 342 g/mol. The Hall–Kier alpha value is -2.86. The monoisotopic (exact) mass is 355 g/mol. The first kappa shape index (κ1) is 15.7. The number of hydrogen-bond acceptors (Lipinski definition) is 5. The zero-order valence-corrected chi connectivity index (χ0v) is 14.1. The summed E-state index contributed by atoms with van der Waals surface area (Å²) < 4.78 is 11.0. The Balaban J connectivity index is 1.53. The summed E-state index contributed by atoms with van der Waals surface area (Å²) in [6.45, 7) is 2.03. The maximum Gasteiger partial charge on any atom is 0.279 e. The minimum Gasteiger partial charge on any atom is -0.490 e. The highest BCUT2D eigenvalue weighted by molar-refractivity contribution is 6.30. The highest BCUT2D eigenvalue weighted by Crippen LogP contribution is 2.33. The predicted octanol–water partition coefficient (Wildman–Crippen LogP) is 3.97. The number of rotatable bonds is 3. The number of carbonyl (C=O) groups is 1. The molecule has 1 aliphatic heterocycles. The molecule has 0 aliphatic carbocycles. The van der Waals surface area contributed by atoms with Crippen molar-refractivity contribution in [2.45, 2.75) is 19.4 Å². The number of nitrogens with zero attached hydrogens (tertiary/aromatic N) is 2. The lowest BCUT2D eigenvalue weighted by Gasteiger charge is -2.02. The SMILES string of the molecule is C[C@H]1Cc2cc(-c3cc(C(=O)Nc4ccc(Cl)cn4)no3)ccc2O1. The number of pyridine rings is 1. The van der Waals surface area contributed by atoms with E-state index >= 15 is 0 Å². The number of benzene rings is 1. The fraction of sp³-hybridized carbons (Fsp3) is 0.167. The Morgan fingerprint density at radius 1 is 1.28 bits per heavy atom. The standard InChI is InChI=1S/C18H14ClN3O3/c1-10-6-12-7-11(2-4-15(12)24-10)16-8-14(22-25-16)18(23)21-17-5-3-13(19)9-20-17/h2-5,7-10H,6H2,1H3,(H,20,21,23)/t10-/m0/s1. The number of anilines is 1. The lowest BCUT2D eigenvalue weighted by Crippen LogP contribution is -2.13. The van der Waals surface area contributed by atoms with E-state index in [1.165, 1.54) is 6.20 Å². The van der Waals surface area contributed by atoms with Gasteiger partial charge < -0.3 is 14.6 Å². The number of amides is 1. The molecule has 4 rings (SSSR count). The Bertz CT molecular complexity index is 937. The molecule has 1 atom stereocenters. The molecule has 2 aromatic heterocycles. The summed E-state index contributed by atoms with van der Waals surface area (Å²) in [6.07, 6.45) is 2.49. The van der Waals surface area contributed by atoms with Crippen LogP contribution in [0.1, 0.15) is 23.0 Å². The van der Waals surface area contributed by atoms with Crippen molar-refractivity contribution in [1.29, 1.82) is 0 Å². The number of ether oxygens (including phenoxy) is 1. The fourth-order valence-electron chi connectivity index (χ4n) is 2.72. The number of fused-ring (bicyclic) bond motifs is 1. The average molecular weight is 356 g/mol. The van der Waals surface area contributed by atoms with Crippen LogP contribution in [0.5, 0.6) is 5.75 Å². The number of halogens is 1. The first-order chi connectivity index (χ1) is 12.1. The number of aromatic nitrogens is 2. The van der Waals surface area contributed by atoms with Crippen LogP contribution >= 0.6 is 11.6 Å². The van der Waals surface area contributed by atoms with E-state index in [-0.39, 0.29) is 11.8 Å². The summed E-state index contributed by atoms with van der Waals surface area (Å²) in [6, 6.07) is 10.7. The van der Waals surface area contributed by atoms with Crippen molar-refractivity contribution in [1.82, 2.24) is 10.1 Å². The third-order valence-corrected chi connectivity index (χ3v) is 4.12. The molecule has 3 aromatic rings. The first-order valence-corrected chi connectivity index (χ1v) is 8.16. The number of carbonyl (C=O) groups excluding carboxylic acids is 1. The van der Waals surface area contributed by atoms with Gasteiger partial charge in [0.2, 0.25) is 0 Å². The van der Waals surface area contributed by atoms with Crippen LogP contribution in [0.3, 0.4) is 0 Å². The second-order valence-corrected chi connectivity index (χ2v) is 6.28. The van der Waals surface area contributed by atoms with Gasteiger partial charge in [-0.25, -0.2) is 4.98 Å². The molecular formula is C18H14ClN3O3. The van der Waals surface area contributed by atoms with E-state index in [1.54, 1.807) is 18.2 Å². The second-order valence-electron chi connectivity index (χ2n) is 5.85. The molecule has 7 heteroatoms. The van der Waals surface area contributed by atoms with Gasteiger partial charge >= 0.3 is 0 Å². The summed E-state index contributed by atoms with van der Waals surface area (Å²) in [5.74, 6) is 1.41. The topological polar surface area (TPSA) is 77.3 Å². The Morgan fingerprint density at radius 2 is 2.16 bits per heavy atom. The smallest absolute Gasteiger partial charge is 0.279 e. The van der Waals surface area contributed by atoms with Crippen LogP contribution in [0, 0.1) is 0 Å². The minimum absolute atomic E-state index is 0.174. The van der Waals surface area contributed by atoms with Crippen molar-refractivity contribution in [3.63, 3.8) is 0 Å². The van der Waals surface area contributed by atoms with Crippen LogP contribution in [0.15, 0.2) is 47.1 Å². The third kappa shape index (κ3) is 3.21. The van der Waals surface area contributed by atoms with E-state index in [1.807, 2.05) is 25.1 Å². The fourth-order valence-corrected chi connectivity index (χ4v) is 2.84. The lowest BCUT2D eigenvalue weighted by molar-refractivity contribution is 0.101. The van der Waals surface area contributed by atoms with Gasteiger partial charge in [0.1, 0.15) is 17.7 Å². The molecule has 0 fully saturated rings. The number of nitrogens with one attached hydrogen (secondary N) is 1. The molecule has 1 N–H and O–H groups in total. The summed E-state index contributed by atoms with van der Waals surface area (Å²) in [5.41, 5.74) is 2.15. The molecule has 0 radical (unpaired) electrons. The van der Waals surface area contributed by atoms with E-state index in [4.69, 9.17) is 20.9 Å². The van der Waals surface area contributed by atoms with Crippen LogP contribution in [0.2, 0.25) is 5.02 Å². The molecule has 0 saturated heterocycles. The van der Waals surface area contributed by atoms with Gasteiger partial charge in [-0.15, -0.1) is 0 Å². The molecule has 0 saturated carbocycles. The number of hydrogen-bond donors (Lipinski definition) is 1. The van der Waals surface area contributed by atoms with E-state index in [0.29, 0.717) is 16.6 Å². The second kappa shape index (κ2) is 6.22. The van der Waals surface area contributed by atoms with Crippen LogP contribution in [-0.2, 0) is 6.42 Å². The van der Waals surface area contributed by atoms with Crippen LogP contribution < -0.4 is 10.1 Å². The summed E-state index contributed by atoms with van der Waals surface area (Å²) in [5, 5.41) is 6.99. The van der Waals surface area contributed by atoms with Gasteiger partial charge in [0.05, 0.1) is 5.02 Å². The molecule has 6 nitrogen and oxygen atoms in total. The van der Waals surface area contributed by atoms with Crippen molar-refractivity contribution in [2.24, 2.45) is 0 Å². The molecule has 0 spiro atoms. The molecule has 126 valence electrons. The van der Waals surface area contributed by atoms with E-state index in [0.717, 1.165) is 23.3 Å². The predicted molar refractivity (Wildman–Crippen MR) is 92.9 cm³/mol. The first-order valence-electron chi connectivity index (χ1n) is 7.78.